The number of hydrogen-bond acceptors (Lipinski definition) is 1. The van der Waals surface area contributed by atoms with Gasteiger partial charge in [-0.2, -0.15) is 0 Å². The molecule has 0 fully saturated rings. The van der Waals surface area contributed by atoms with Crippen molar-refractivity contribution in [1.29, 1.82) is 0 Å². The highest BCUT2D eigenvalue weighted by molar-refractivity contribution is 9.11. The van der Waals surface area contributed by atoms with Gasteiger partial charge in [-0.15, -0.1) is 0 Å². The van der Waals surface area contributed by atoms with E-state index in [1.807, 2.05) is 18.3 Å². The maximum atomic E-state index is 4.26. The van der Waals surface area contributed by atoms with Gasteiger partial charge in [-0.25, -0.2) is 0 Å². The second kappa shape index (κ2) is 2.72. The predicted molar refractivity (Wildman–Crippen MR) is 53.7 cm³/mol. The normalized spacial score (nSPS) is 13.6. The van der Waals surface area contributed by atoms with Gasteiger partial charge >= 0.3 is 0 Å². The third-order valence-electron chi connectivity index (χ3n) is 1.69. The van der Waals surface area contributed by atoms with Crippen LogP contribution in [0.1, 0.15) is 5.56 Å². The Kier molecular flexibility index (Phi) is 1.85. The van der Waals surface area contributed by atoms with Crippen molar-refractivity contribution in [2.75, 3.05) is 0 Å². The average Bonchev–Trinajstić information content (AvgIpc) is 2.45. The van der Waals surface area contributed by atoms with Gasteiger partial charge in [0, 0.05) is 21.6 Å². The Morgan fingerprint density at radius 1 is 1.18 bits per heavy atom. The van der Waals surface area contributed by atoms with Gasteiger partial charge in [0.05, 0.1) is 5.69 Å². The first-order valence-electron chi connectivity index (χ1n) is 3.28. The van der Waals surface area contributed by atoms with Gasteiger partial charge in [0.2, 0.25) is 0 Å². The van der Waals surface area contributed by atoms with E-state index in [4.69, 9.17) is 0 Å². The number of benzene rings is 1. The van der Waals surface area contributed by atoms with Crippen molar-refractivity contribution in [3.8, 4) is 0 Å². The van der Waals surface area contributed by atoms with Crippen LogP contribution in [0.25, 0.3) is 0 Å². The molecule has 0 spiro atoms. The summed E-state index contributed by atoms with van der Waals surface area (Å²) in [5, 5.41) is 0. The third-order valence-corrected chi connectivity index (χ3v) is 3.07. The number of halogens is 2. The molecule has 2 rings (SSSR count). The van der Waals surface area contributed by atoms with Crippen LogP contribution in [-0.2, 0) is 6.42 Å². The smallest absolute Gasteiger partial charge is 0.0814 e. The van der Waals surface area contributed by atoms with Gasteiger partial charge in [-0.05, 0) is 33.6 Å². The summed E-state index contributed by atoms with van der Waals surface area (Å²) >= 11 is 6.93. The zero-order valence-electron chi connectivity index (χ0n) is 5.64. The van der Waals surface area contributed by atoms with Gasteiger partial charge in [0.15, 0.2) is 0 Å². The quantitative estimate of drug-likeness (QED) is 0.687. The van der Waals surface area contributed by atoms with Crippen LogP contribution in [-0.4, -0.2) is 6.21 Å². The van der Waals surface area contributed by atoms with Crippen molar-refractivity contribution < 1.29 is 0 Å². The maximum Gasteiger partial charge on any atom is 0.0814 e. The maximum absolute atomic E-state index is 4.26. The zero-order valence-corrected chi connectivity index (χ0v) is 8.81. The molecule has 1 aromatic carbocycles. The molecule has 0 bridgehead atoms. The van der Waals surface area contributed by atoms with Gasteiger partial charge in [-0.3, -0.25) is 4.99 Å². The molecule has 11 heavy (non-hydrogen) atoms. The molecule has 0 amide bonds. The topological polar surface area (TPSA) is 12.4 Å². The largest absolute Gasteiger partial charge is 0.259 e. The second-order valence-corrected chi connectivity index (χ2v) is 4.08. The van der Waals surface area contributed by atoms with Crippen molar-refractivity contribution in [2.45, 2.75) is 6.42 Å². The van der Waals surface area contributed by atoms with Crippen molar-refractivity contribution in [3.63, 3.8) is 0 Å². The third kappa shape index (κ3) is 1.16. The van der Waals surface area contributed by atoms with Crippen LogP contribution in [0.3, 0.4) is 0 Å². The predicted octanol–water partition coefficient (Wildman–Crippen LogP) is 3.47. The molecule has 0 saturated carbocycles. The van der Waals surface area contributed by atoms with Crippen LogP contribution in [0.15, 0.2) is 26.1 Å². The molecule has 1 aliphatic heterocycles. The Morgan fingerprint density at radius 2 is 1.91 bits per heavy atom. The number of fused-ring (bicyclic) bond motifs is 1. The van der Waals surface area contributed by atoms with Crippen LogP contribution in [0.2, 0.25) is 0 Å². The van der Waals surface area contributed by atoms with Crippen molar-refractivity contribution in [2.24, 2.45) is 4.99 Å². The van der Waals surface area contributed by atoms with E-state index in [-0.39, 0.29) is 0 Å². The first-order chi connectivity index (χ1) is 5.29. The molecule has 0 atom stereocenters. The molecule has 1 aliphatic rings. The Hall–Kier alpha value is -0.150. The molecule has 0 N–H and O–H groups in total. The van der Waals surface area contributed by atoms with E-state index in [0.717, 1.165) is 21.1 Å². The molecule has 1 heterocycles. The Balaban J connectivity index is 2.71. The van der Waals surface area contributed by atoms with Crippen molar-refractivity contribution in [1.82, 2.24) is 0 Å². The summed E-state index contributed by atoms with van der Waals surface area (Å²) in [6.07, 6.45) is 2.87. The van der Waals surface area contributed by atoms with E-state index in [0.29, 0.717) is 0 Å². The minimum atomic E-state index is 0.940. The monoisotopic (exact) mass is 273 g/mol. The second-order valence-electron chi connectivity index (χ2n) is 2.37. The van der Waals surface area contributed by atoms with Crippen molar-refractivity contribution >= 4 is 43.8 Å². The Morgan fingerprint density at radius 3 is 2.64 bits per heavy atom. The lowest BCUT2D eigenvalue weighted by Gasteiger charge is -2.01. The molecule has 0 saturated heterocycles. The number of nitrogens with zero attached hydrogens (tertiary/aromatic N) is 1. The molecule has 1 nitrogen and oxygen atoms in total. The minimum Gasteiger partial charge on any atom is -0.259 e. The molecule has 0 radical (unpaired) electrons. The summed E-state index contributed by atoms with van der Waals surface area (Å²) in [6.45, 7) is 0. The SMILES string of the molecule is Brc1ccc(Br)c2c1CC=N2. The Bertz CT molecular complexity index is 331. The molecule has 0 aliphatic carbocycles. The Labute approximate surface area is 81.8 Å². The molecular formula is C8H5Br2N. The van der Waals surface area contributed by atoms with E-state index in [1.54, 1.807) is 0 Å². The summed E-state index contributed by atoms with van der Waals surface area (Å²) < 4.78 is 2.22. The van der Waals surface area contributed by atoms with Crippen LogP contribution in [0, 0.1) is 0 Å². The lowest BCUT2D eigenvalue weighted by Crippen LogP contribution is -1.81. The molecule has 56 valence electrons. The van der Waals surface area contributed by atoms with E-state index in [1.165, 1.54) is 5.56 Å². The fraction of sp³-hybridized carbons (Fsp3) is 0.125. The average molecular weight is 275 g/mol. The molecule has 1 aromatic rings. The van der Waals surface area contributed by atoms with Gasteiger partial charge in [0.25, 0.3) is 0 Å². The van der Waals surface area contributed by atoms with E-state index in [2.05, 4.69) is 36.9 Å². The summed E-state index contributed by atoms with van der Waals surface area (Å²) in [5.74, 6) is 0. The van der Waals surface area contributed by atoms with Crippen LogP contribution in [0.5, 0.6) is 0 Å². The molecule has 0 unspecified atom stereocenters. The highest BCUT2D eigenvalue weighted by atomic mass is 79.9. The van der Waals surface area contributed by atoms with E-state index >= 15 is 0 Å². The highest BCUT2D eigenvalue weighted by Gasteiger charge is 2.12. The number of rotatable bonds is 0. The first-order valence-corrected chi connectivity index (χ1v) is 4.87. The van der Waals surface area contributed by atoms with Gasteiger partial charge in [-0.1, -0.05) is 15.9 Å². The molecule has 3 heteroatoms. The van der Waals surface area contributed by atoms with Gasteiger partial charge in [0.1, 0.15) is 0 Å². The minimum absolute atomic E-state index is 0.940. The number of aliphatic imine (C=N–C) groups is 1. The summed E-state index contributed by atoms with van der Waals surface area (Å²) in [4.78, 5) is 4.26. The highest BCUT2D eigenvalue weighted by Crippen LogP contribution is 2.37. The molecular weight excluding hydrogens is 270 g/mol. The van der Waals surface area contributed by atoms with Crippen LogP contribution in [0.4, 0.5) is 5.69 Å². The molecule has 0 aromatic heterocycles. The van der Waals surface area contributed by atoms with E-state index in [9.17, 15) is 0 Å². The lowest BCUT2D eigenvalue weighted by molar-refractivity contribution is 1.37. The van der Waals surface area contributed by atoms with Crippen molar-refractivity contribution in [3.05, 3.63) is 26.6 Å². The van der Waals surface area contributed by atoms with E-state index < -0.39 is 0 Å². The standard InChI is InChI=1S/C8H5Br2N/c9-6-1-2-7(10)8-5(6)3-4-11-8/h1-2,4H,3H2. The lowest BCUT2D eigenvalue weighted by atomic mass is 10.2. The zero-order chi connectivity index (χ0) is 7.84. The fourth-order valence-electron chi connectivity index (χ4n) is 1.15. The summed E-state index contributed by atoms with van der Waals surface area (Å²) in [5.41, 5.74) is 2.35. The number of hydrogen-bond donors (Lipinski definition) is 0. The van der Waals surface area contributed by atoms with Crippen LogP contribution >= 0.6 is 31.9 Å². The first kappa shape index (κ1) is 7.50. The van der Waals surface area contributed by atoms with Gasteiger partial charge < -0.3 is 0 Å². The summed E-state index contributed by atoms with van der Waals surface area (Å²) in [7, 11) is 0. The fourth-order valence-corrected chi connectivity index (χ4v) is 2.10. The summed E-state index contributed by atoms with van der Waals surface area (Å²) in [6, 6.07) is 4.04. The van der Waals surface area contributed by atoms with Crippen LogP contribution < -0.4 is 0 Å².